The Bertz CT molecular complexity index is 1490. The summed E-state index contributed by atoms with van der Waals surface area (Å²) in [4.78, 5) is 30.0. The third kappa shape index (κ3) is 7.22. The molecule has 0 bridgehead atoms. The molecule has 1 N–H and O–H groups in total. The number of amides is 1. The molecular formula is C29H22Br2ClNO5S. The van der Waals surface area contributed by atoms with Crippen molar-refractivity contribution in [1.82, 2.24) is 0 Å². The highest BCUT2D eigenvalue weighted by atomic mass is 79.9. The lowest BCUT2D eigenvalue weighted by atomic mass is 10.1. The van der Waals surface area contributed by atoms with E-state index in [1.54, 1.807) is 49.4 Å². The van der Waals surface area contributed by atoms with Gasteiger partial charge in [-0.3, -0.25) is 4.79 Å². The smallest absolute Gasteiger partial charge is 0.344 e. The average Bonchev–Trinajstić information content (AvgIpc) is 3.19. The van der Waals surface area contributed by atoms with Crippen molar-refractivity contribution in [2.75, 3.05) is 6.61 Å². The van der Waals surface area contributed by atoms with Crippen LogP contribution >= 0.6 is 55.2 Å². The van der Waals surface area contributed by atoms with Crippen molar-refractivity contribution in [3.05, 3.63) is 113 Å². The van der Waals surface area contributed by atoms with Gasteiger partial charge in [-0.25, -0.2) is 9.79 Å². The molecule has 0 unspecified atom stereocenters. The van der Waals surface area contributed by atoms with Gasteiger partial charge in [-0.2, -0.15) is 0 Å². The predicted octanol–water partition coefficient (Wildman–Crippen LogP) is 8.45. The van der Waals surface area contributed by atoms with E-state index in [2.05, 4.69) is 36.9 Å². The monoisotopic (exact) mass is 689 g/mol. The second kappa shape index (κ2) is 13.0. The van der Waals surface area contributed by atoms with Gasteiger partial charge in [0.05, 0.1) is 20.5 Å². The Morgan fingerprint density at radius 1 is 1.05 bits per heavy atom. The molecular weight excluding hydrogens is 670 g/mol. The van der Waals surface area contributed by atoms with Gasteiger partial charge in [0.1, 0.15) is 28.7 Å². The first-order valence-electron chi connectivity index (χ1n) is 11.7. The number of thioether (sulfide) groups is 1. The average molecular weight is 692 g/mol. The first-order chi connectivity index (χ1) is 18.7. The van der Waals surface area contributed by atoms with E-state index in [0.717, 1.165) is 22.9 Å². The summed E-state index contributed by atoms with van der Waals surface area (Å²) < 4.78 is 12.5. The molecule has 10 heteroatoms. The number of rotatable bonds is 7. The lowest BCUT2D eigenvalue weighted by Crippen LogP contribution is -2.14. The maximum Gasteiger partial charge on any atom is 0.344 e. The van der Waals surface area contributed by atoms with Gasteiger partial charge < -0.3 is 14.6 Å². The van der Waals surface area contributed by atoms with Gasteiger partial charge in [-0.15, -0.1) is 0 Å². The van der Waals surface area contributed by atoms with Crippen LogP contribution in [0.1, 0.15) is 34.0 Å². The van der Waals surface area contributed by atoms with Crippen LogP contribution in [0, 0.1) is 6.92 Å². The Kier molecular flexibility index (Phi) is 9.71. The van der Waals surface area contributed by atoms with Crippen molar-refractivity contribution in [3.63, 3.8) is 0 Å². The Labute approximate surface area is 252 Å². The van der Waals surface area contributed by atoms with Gasteiger partial charge >= 0.3 is 5.97 Å². The number of ether oxygens (including phenoxy) is 2. The van der Waals surface area contributed by atoms with Crippen molar-refractivity contribution < 1.29 is 24.2 Å². The zero-order chi connectivity index (χ0) is 28.1. The number of carbonyl (C=O) groups is 2. The molecule has 0 saturated heterocycles. The fourth-order valence-electron chi connectivity index (χ4n) is 3.53. The van der Waals surface area contributed by atoms with E-state index in [9.17, 15) is 14.7 Å². The SMILES string of the molecule is CCOC(=O)C1=C(O)/C(=C/c2cc(Br)c(OCc3ccc(Cl)cc3)c(Br)c2)SC1=NC(=O)c1ccc(C)cc1. The summed E-state index contributed by atoms with van der Waals surface area (Å²) in [6.07, 6.45) is 1.69. The molecule has 1 heterocycles. The number of aryl methyl sites for hydroxylation is 1. The lowest BCUT2D eigenvalue weighted by molar-refractivity contribution is -0.138. The molecule has 0 atom stereocenters. The largest absolute Gasteiger partial charge is 0.506 e. The zero-order valence-electron chi connectivity index (χ0n) is 20.8. The topological polar surface area (TPSA) is 85.2 Å². The molecule has 1 amide bonds. The number of hydrogen-bond acceptors (Lipinski definition) is 6. The Balaban J connectivity index is 1.62. The van der Waals surface area contributed by atoms with Crippen LogP contribution in [-0.4, -0.2) is 28.6 Å². The Morgan fingerprint density at radius 3 is 2.31 bits per heavy atom. The van der Waals surface area contributed by atoms with Gasteiger partial charge in [0.15, 0.2) is 0 Å². The number of halogens is 3. The highest BCUT2D eigenvalue weighted by Gasteiger charge is 2.34. The first kappa shape index (κ1) is 29.1. The van der Waals surface area contributed by atoms with Gasteiger partial charge in [0.2, 0.25) is 0 Å². The number of esters is 1. The molecule has 1 aliphatic rings. The number of benzene rings is 3. The van der Waals surface area contributed by atoms with E-state index in [1.807, 2.05) is 31.2 Å². The van der Waals surface area contributed by atoms with Crippen molar-refractivity contribution in [1.29, 1.82) is 0 Å². The highest BCUT2D eigenvalue weighted by molar-refractivity contribution is 9.11. The summed E-state index contributed by atoms with van der Waals surface area (Å²) >= 11 is 14.1. The maximum absolute atomic E-state index is 12.8. The third-order valence-corrected chi connectivity index (χ3v) is 7.94. The van der Waals surface area contributed by atoms with Gasteiger partial charge in [0, 0.05) is 10.6 Å². The van der Waals surface area contributed by atoms with E-state index in [0.29, 0.717) is 42.4 Å². The number of aliphatic imine (C=N–C) groups is 1. The molecule has 6 nitrogen and oxygen atoms in total. The van der Waals surface area contributed by atoms with Crippen molar-refractivity contribution in [2.45, 2.75) is 20.5 Å². The van der Waals surface area contributed by atoms with Crippen LogP contribution in [0.25, 0.3) is 6.08 Å². The summed E-state index contributed by atoms with van der Waals surface area (Å²) in [5.41, 5.74) is 2.89. The molecule has 0 radical (unpaired) electrons. The van der Waals surface area contributed by atoms with Crippen molar-refractivity contribution in [2.24, 2.45) is 4.99 Å². The van der Waals surface area contributed by atoms with E-state index in [-0.39, 0.29) is 23.0 Å². The molecule has 0 aromatic heterocycles. The number of nitrogens with zero attached hydrogens (tertiary/aromatic N) is 1. The fraction of sp³-hybridized carbons (Fsp3) is 0.138. The molecule has 4 rings (SSSR count). The third-order valence-electron chi connectivity index (χ3n) is 5.49. The molecule has 0 spiro atoms. The van der Waals surface area contributed by atoms with E-state index in [4.69, 9.17) is 21.1 Å². The number of aliphatic hydroxyl groups is 1. The predicted molar refractivity (Wildman–Crippen MR) is 162 cm³/mol. The summed E-state index contributed by atoms with van der Waals surface area (Å²) in [7, 11) is 0. The second-order valence-corrected chi connectivity index (χ2v) is 11.5. The standard InChI is InChI=1S/C29H22Br2ClNO5S/c1-3-37-29(36)24-25(34)23(39-28(24)33-27(35)19-8-4-16(2)5-9-19)14-18-12-21(30)26(22(31)13-18)38-15-17-6-10-20(32)11-7-17/h4-14,34H,3,15H2,1-2H3/b23-14-,33-28?. The van der Waals surface area contributed by atoms with Crippen molar-refractivity contribution >= 4 is 78.2 Å². The zero-order valence-corrected chi connectivity index (χ0v) is 25.6. The number of hydrogen-bond donors (Lipinski definition) is 1. The maximum atomic E-state index is 12.8. The molecule has 200 valence electrons. The lowest BCUT2D eigenvalue weighted by Gasteiger charge is -2.12. The normalized spacial score (nSPS) is 15.2. The molecule has 0 aliphatic carbocycles. The van der Waals surface area contributed by atoms with E-state index < -0.39 is 11.9 Å². The van der Waals surface area contributed by atoms with Crippen LogP contribution in [0.2, 0.25) is 5.02 Å². The van der Waals surface area contributed by atoms with Crippen molar-refractivity contribution in [3.8, 4) is 5.75 Å². The van der Waals surface area contributed by atoms with Crippen LogP contribution in [-0.2, 0) is 16.1 Å². The summed E-state index contributed by atoms with van der Waals surface area (Å²) in [5.74, 6) is -0.982. The van der Waals surface area contributed by atoms with Gasteiger partial charge in [-0.1, -0.05) is 53.2 Å². The molecule has 39 heavy (non-hydrogen) atoms. The first-order valence-corrected chi connectivity index (χ1v) is 14.5. The van der Waals surface area contributed by atoms with E-state index in [1.165, 1.54) is 0 Å². The summed E-state index contributed by atoms with van der Waals surface area (Å²) in [6, 6.07) is 18.0. The van der Waals surface area contributed by atoms with Gasteiger partial charge in [0.25, 0.3) is 5.91 Å². The Hall–Kier alpha value is -2.85. The molecule has 1 aliphatic heterocycles. The van der Waals surface area contributed by atoms with Crippen LogP contribution in [0.5, 0.6) is 5.75 Å². The fourth-order valence-corrected chi connectivity index (χ4v) is 6.12. The molecule has 0 saturated carbocycles. The number of carbonyl (C=O) groups excluding carboxylic acids is 2. The number of aliphatic hydroxyl groups excluding tert-OH is 1. The minimum atomic E-state index is -0.755. The van der Waals surface area contributed by atoms with Crippen LogP contribution in [0.15, 0.2) is 90.8 Å². The van der Waals surface area contributed by atoms with Crippen LogP contribution < -0.4 is 4.74 Å². The van der Waals surface area contributed by atoms with E-state index >= 15 is 0 Å². The van der Waals surface area contributed by atoms with Crippen LogP contribution in [0.3, 0.4) is 0 Å². The van der Waals surface area contributed by atoms with Crippen LogP contribution in [0.4, 0.5) is 0 Å². The Morgan fingerprint density at radius 2 is 1.69 bits per heavy atom. The minimum absolute atomic E-state index is 0.0730. The quantitative estimate of drug-likeness (QED) is 0.251. The molecule has 0 fully saturated rings. The minimum Gasteiger partial charge on any atom is -0.506 e. The highest BCUT2D eigenvalue weighted by Crippen LogP contribution is 2.41. The van der Waals surface area contributed by atoms with Gasteiger partial charge in [-0.05, 0) is 99.3 Å². The molecule has 3 aromatic rings. The summed E-state index contributed by atoms with van der Waals surface area (Å²) in [6.45, 7) is 4.02. The summed E-state index contributed by atoms with van der Waals surface area (Å²) in [5, 5.41) is 11.7. The molecule has 3 aromatic carbocycles. The second-order valence-electron chi connectivity index (χ2n) is 8.37.